The maximum atomic E-state index is 4.12. The van der Waals surface area contributed by atoms with Crippen molar-refractivity contribution >= 4 is 19.2 Å². The standard InChI is InChI=1S/C5H13N5S/c1-8(2)3-4-9-7-6-5-10(9)11/h5,7,11H,3-4H2,1-2H3. The molecule has 64 valence electrons. The Bertz CT molecular complexity index is 148. The van der Waals surface area contributed by atoms with Crippen LogP contribution in [0, 0.1) is 0 Å². The van der Waals surface area contributed by atoms with Gasteiger partial charge in [0.25, 0.3) is 0 Å². The molecule has 0 saturated heterocycles. The fourth-order valence-corrected chi connectivity index (χ4v) is 0.881. The molecule has 6 heteroatoms. The van der Waals surface area contributed by atoms with Gasteiger partial charge in [0, 0.05) is 6.54 Å². The van der Waals surface area contributed by atoms with Crippen molar-refractivity contribution in [3.8, 4) is 0 Å². The van der Waals surface area contributed by atoms with Crippen LogP contribution in [0.4, 0.5) is 0 Å². The minimum absolute atomic E-state index is 0.858. The van der Waals surface area contributed by atoms with Crippen LogP contribution in [0.2, 0.25) is 0 Å². The summed E-state index contributed by atoms with van der Waals surface area (Å²) in [6.45, 7) is 1.82. The zero-order valence-corrected chi connectivity index (χ0v) is 7.62. The number of hydrogen-bond donors (Lipinski definition) is 2. The molecule has 1 rings (SSSR count). The van der Waals surface area contributed by atoms with Gasteiger partial charge in [0.15, 0.2) is 0 Å². The second kappa shape index (κ2) is 3.80. The van der Waals surface area contributed by atoms with Gasteiger partial charge >= 0.3 is 0 Å². The quantitative estimate of drug-likeness (QED) is 0.560. The molecule has 0 atom stereocenters. The first kappa shape index (κ1) is 8.63. The van der Waals surface area contributed by atoms with Gasteiger partial charge in [0.05, 0.1) is 6.54 Å². The van der Waals surface area contributed by atoms with Crippen LogP contribution in [-0.4, -0.2) is 48.0 Å². The average molecular weight is 175 g/mol. The fraction of sp³-hybridized carbons (Fsp3) is 0.800. The summed E-state index contributed by atoms with van der Waals surface area (Å²) in [5.41, 5.74) is 2.79. The summed E-state index contributed by atoms with van der Waals surface area (Å²) < 4.78 is 1.61. The van der Waals surface area contributed by atoms with Crippen LogP contribution in [-0.2, 0) is 0 Å². The molecule has 0 fully saturated rings. The number of likely N-dealkylation sites (N-methyl/N-ethyl adjacent to an activating group) is 1. The highest BCUT2D eigenvalue weighted by Crippen LogP contribution is 1.99. The van der Waals surface area contributed by atoms with E-state index in [-0.39, 0.29) is 0 Å². The zero-order valence-electron chi connectivity index (χ0n) is 6.73. The Balaban J connectivity index is 2.18. The monoisotopic (exact) mass is 175 g/mol. The maximum Gasteiger partial charge on any atom is 0.140 e. The normalized spacial score (nSPS) is 18.0. The number of hydrazine groups is 2. The highest BCUT2D eigenvalue weighted by molar-refractivity contribution is 7.78. The van der Waals surface area contributed by atoms with Gasteiger partial charge in [-0.15, -0.1) is 5.12 Å². The van der Waals surface area contributed by atoms with Crippen LogP contribution in [0.25, 0.3) is 0 Å². The summed E-state index contributed by atoms with van der Waals surface area (Å²) in [7, 11) is 4.06. The van der Waals surface area contributed by atoms with E-state index in [2.05, 4.69) is 28.4 Å². The van der Waals surface area contributed by atoms with Gasteiger partial charge in [-0.2, -0.15) is 5.10 Å². The third-order valence-electron chi connectivity index (χ3n) is 1.34. The molecule has 11 heavy (non-hydrogen) atoms. The molecule has 1 N–H and O–H groups in total. The fourth-order valence-electron chi connectivity index (χ4n) is 0.699. The van der Waals surface area contributed by atoms with Crippen molar-refractivity contribution in [3.63, 3.8) is 0 Å². The molecule has 1 heterocycles. The Morgan fingerprint density at radius 2 is 2.36 bits per heavy atom. The number of nitrogens with zero attached hydrogens (tertiary/aromatic N) is 4. The van der Waals surface area contributed by atoms with Crippen molar-refractivity contribution in [2.75, 3.05) is 27.2 Å². The van der Waals surface area contributed by atoms with E-state index in [1.165, 1.54) is 0 Å². The van der Waals surface area contributed by atoms with Crippen molar-refractivity contribution in [1.82, 2.24) is 20.0 Å². The number of hydrogen-bond acceptors (Lipinski definition) is 6. The SMILES string of the molecule is CN(C)CCN1NN=CN1S. The highest BCUT2D eigenvalue weighted by atomic mass is 32.1. The van der Waals surface area contributed by atoms with Crippen LogP contribution in [0.15, 0.2) is 5.10 Å². The van der Waals surface area contributed by atoms with E-state index in [1.54, 1.807) is 10.8 Å². The predicted molar refractivity (Wildman–Crippen MR) is 47.7 cm³/mol. The molecule has 0 radical (unpaired) electrons. The molecule has 1 aliphatic heterocycles. The lowest BCUT2D eigenvalue weighted by atomic mass is 10.6. The van der Waals surface area contributed by atoms with Crippen LogP contribution < -0.4 is 5.53 Å². The topological polar surface area (TPSA) is 34.1 Å². The van der Waals surface area contributed by atoms with Crippen LogP contribution in [0.5, 0.6) is 0 Å². The second-order valence-electron chi connectivity index (χ2n) is 2.59. The third kappa shape index (κ3) is 2.57. The average Bonchev–Trinajstić information content (AvgIpc) is 2.31. The van der Waals surface area contributed by atoms with E-state index < -0.39 is 0 Å². The summed E-state index contributed by atoms with van der Waals surface area (Å²) >= 11 is 4.12. The van der Waals surface area contributed by atoms with Crippen molar-refractivity contribution in [1.29, 1.82) is 0 Å². The van der Waals surface area contributed by atoms with E-state index in [0.29, 0.717) is 0 Å². The number of thiol groups is 1. The lowest BCUT2D eigenvalue weighted by Gasteiger charge is -2.22. The third-order valence-corrected chi connectivity index (χ3v) is 1.66. The van der Waals surface area contributed by atoms with Gasteiger partial charge in [-0.25, -0.2) is 9.95 Å². The summed E-state index contributed by atoms with van der Waals surface area (Å²) in [5.74, 6) is 0. The Kier molecular flexibility index (Phi) is 2.98. The van der Waals surface area contributed by atoms with Gasteiger partial charge in [-0.3, -0.25) is 0 Å². The highest BCUT2D eigenvalue weighted by Gasteiger charge is 2.12. The molecule has 0 unspecified atom stereocenters. The summed E-state index contributed by atoms with van der Waals surface area (Å²) in [6, 6.07) is 0. The van der Waals surface area contributed by atoms with Gasteiger partial charge in [-0.1, -0.05) is 0 Å². The smallest absolute Gasteiger partial charge is 0.140 e. The largest absolute Gasteiger partial charge is 0.308 e. The molecule has 0 aliphatic carbocycles. The minimum atomic E-state index is 0.858. The zero-order chi connectivity index (χ0) is 8.27. The number of rotatable bonds is 3. The van der Waals surface area contributed by atoms with Crippen LogP contribution in [0.1, 0.15) is 0 Å². The van der Waals surface area contributed by atoms with Crippen molar-refractivity contribution in [3.05, 3.63) is 0 Å². The molecule has 1 aliphatic rings. The van der Waals surface area contributed by atoms with Crippen molar-refractivity contribution in [2.45, 2.75) is 0 Å². The first-order chi connectivity index (χ1) is 5.20. The molecule has 0 aromatic rings. The van der Waals surface area contributed by atoms with Gasteiger partial charge in [0.1, 0.15) is 6.34 Å². The number of nitrogens with one attached hydrogen (secondary N) is 1. The van der Waals surface area contributed by atoms with Gasteiger partial charge in [0.2, 0.25) is 0 Å². The summed E-state index contributed by atoms with van der Waals surface area (Å²) in [6.07, 6.45) is 1.61. The number of hydrazone groups is 1. The first-order valence-electron chi connectivity index (χ1n) is 3.39. The molecule has 0 saturated carbocycles. The van der Waals surface area contributed by atoms with E-state index in [4.69, 9.17) is 0 Å². The van der Waals surface area contributed by atoms with E-state index in [0.717, 1.165) is 13.1 Å². The second-order valence-corrected chi connectivity index (χ2v) is 3.00. The van der Waals surface area contributed by atoms with E-state index in [1.807, 2.05) is 19.2 Å². The summed E-state index contributed by atoms with van der Waals surface area (Å²) in [4.78, 5) is 2.10. The molecule has 0 aromatic heterocycles. The molecule has 5 nitrogen and oxygen atoms in total. The molecule has 0 spiro atoms. The van der Waals surface area contributed by atoms with Gasteiger partial charge < -0.3 is 4.90 Å². The lowest BCUT2D eigenvalue weighted by molar-refractivity contribution is 0.0882. The van der Waals surface area contributed by atoms with E-state index in [9.17, 15) is 0 Å². The Hall–Kier alpha value is -0.460. The first-order valence-corrected chi connectivity index (χ1v) is 3.79. The Morgan fingerprint density at radius 3 is 2.82 bits per heavy atom. The van der Waals surface area contributed by atoms with Gasteiger partial charge in [-0.05, 0) is 26.9 Å². The molecular weight excluding hydrogens is 162 g/mol. The minimum Gasteiger partial charge on any atom is -0.308 e. The molecule has 0 bridgehead atoms. The maximum absolute atomic E-state index is 4.12. The molecule has 0 aromatic carbocycles. The van der Waals surface area contributed by atoms with E-state index >= 15 is 0 Å². The Morgan fingerprint density at radius 1 is 1.64 bits per heavy atom. The summed E-state index contributed by atoms with van der Waals surface area (Å²) in [5, 5.41) is 5.61. The van der Waals surface area contributed by atoms with Crippen LogP contribution >= 0.6 is 12.8 Å². The van der Waals surface area contributed by atoms with Crippen LogP contribution in [0.3, 0.4) is 0 Å². The van der Waals surface area contributed by atoms with Crippen molar-refractivity contribution < 1.29 is 0 Å². The van der Waals surface area contributed by atoms with Crippen molar-refractivity contribution in [2.24, 2.45) is 5.10 Å². The molecular formula is C5H13N5S. The lowest BCUT2D eigenvalue weighted by Crippen LogP contribution is -2.41. The predicted octanol–water partition coefficient (Wildman–Crippen LogP) is -0.627. The Labute approximate surface area is 72.1 Å². The molecule has 0 amide bonds.